The maximum Gasteiger partial charge on any atom is 0.271 e. The van der Waals surface area contributed by atoms with Crippen LogP contribution in [0.5, 0.6) is 5.88 Å². The van der Waals surface area contributed by atoms with Crippen LogP contribution in [-0.4, -0.2) is 65.9 Å². The highest BCUT2D eigenvalue weighted by Gasteiger charge is 2.29. The standard InChI is InChI=1S/C21H24ClF2N3O5S/c1-13-10-26(11-15-3-4-18(23)19(24)7-15)5-6-27(13)20(28)12-32-21-17(8-16(22)9-25-21)14(2)33(29,30)31/h3-4,7-9,13-14H,5-6,10-12H2,1-2H3,(H,29,30,31). The van der Waals surface area contributed by atoms with Crippen LogP contribution in [0.3, 0.4) is 0 Å². The molecule has 0 saturated carbocycles. The lowest BCUT2D eigenvalue weighted by atomic mass is 10.1. The van der Waals surface area contributed by atoms with Crippen LogP contribution >= 0.6 is 11.6 Å². The SMILES string of the molecule is CC1CN(Cc2ccc(F)c(F)c2)CCN1C(=O)COc1ncc(Cl)cc1C(C)S(=O)(=O)O. The Bertz CT molecular complexity index is 1130. The van der Waals surface area contributed by atoms with Crippen LogP contribution in [0.25, 0.3) is 0 Å². The smallest absolute Gasteiger partial charge is 0.271 e. The zero-order chi connectivity index (χ0) is 24.3. The normalized spacial score (nSPS) is 18.2. The second kappa shape index (κ2) is 10.3. The summed E-state index contributed by atoms with van der Waals surface area (Å²) in [5.41, 5.74) is 0.681. The van der Waals surface area contributed by atoms with Crippen molar-refractivity contribution in [2.75, 3.05) is 26.2 Å². The van der Waals surface area contributed by atoms with E-state index in [0.29, 0.717) is 31.7 Å². The molecule has 33 heavy (non-hydrogen) atoms. The number of rotatable bonds is 7. The van der Waals surface area contributed by atoms with Gasteiger partial charge < -0.3 is 9.64 Å². The van der Waals surface area contributed by atoms with Crippen LogP contribution < -0.4 is 4.74 Å². The molecular weight excluding hydrogens is 480 g/mol. The Labute approximate surface area is 195 Å². The Balaban J connectivity index is 1.60. The van der Waals surface area contributed by atoms with Crippen LogP contribution in [0.2, 0.25) is 5.02 Å². The van der Waals surface area contributed by atoms with Crippen molar-refractivity contribution in [3.63, 3.8) is 0 Å². The van der Waals surface area contributed by atoms with Crippen molar-refractivity contribution in [2.24, 2.45) is 0 Å². The summed E-state index contributed by atoms with van der Waals surface area (Å²) in [4.78, 5) is 20.4. The van der Waals surface area contributed by atoms with Gasteiger partial charge in [0.25, 0.3) is 16.0 Å². The quantitative estimate of drug-likeness (QED) is 0.579. The molecule has 1 N–H and O–H groups in total. The van der Waals surface area contributed by atoms with Crippen molar-refractivity contribution in [1.29, 1.82) is 0 Å². The fourth-order valence-corrected chi connectivity index (χ4v) is 4.33. The summed E-state index contributed by atoms with van der Waals surface area (Å²) in [5.74, 6) is -2.23. The van der Waals surface area contributed by atoms with E-state index < -0.39 is 27.0 Å². The molecule has 3 rings (SSSR count). The topological polar surface area (TPSA) is 100 Å². The van der Waals surface area contributed by atoms with E-state index in [4.69, 9.17) is 16.3 Å². The minimum absolute atomic E-state index is 0.0437. The molecule has 1 aromatic heterocycles. The van der Waals surface area contributed by atoms with Crippen molar-refractivity contribution in [3.05, 3.63) is 58.2 Å². The zero-order valence-electron chi connectivity index (χ0n) is 18.0. The fraction of sp³-hybridized carbons (Fsp3) is 0.429. The molecule has 180 valence electrons. The average molecular weight is 504 g/mol. The van der Waals surface area contributed by atoms with E-state index in [2.05, 4.69) is 4.98 Å². The molecule has 0 spiro atoms. The molecule has 2 aromatic rings. The van der Waals surface area contributed by atoms with Crippen LogP contribution in [-0.2, 0) is 21.5 Å². The highest BCUT2D eigenvalue weighted by atomic mass is 35.5. The number of ether oxygens (including phenoxy) is 1. The Morgan fingerprint density at radius 2 is 2.03 bits per heavy atom. The van der Waals surface area contributed by atoms with Crippen LogP contribution in [0, 0.1) is 11.6 Å². The van der Waals surface area contributed by atoms with Gasteiger partial charge in [0.15, 0.2) is 18.2 Å². The van der Waals surface area contributed by atoms with E-state index in [1.54, 1.807) is 4.90 Å². The minimum atomic E-state index is -4.42. The number of amides is 1. The van der Waals surface area contributed by atoms with Gasteiger partial charge in [-0.25, -0.2) is 13.8 Å². The monoisotopic (exact) mass is 503 g/mol. The maximum absolute atomic E-state index is 13.4. The van der Waals surface area contributed by atoms with E-state index in [9.17, 15) is 26.5 Å². The molecule has 0 bridgehead atoms. The predicted octanol–water partition coefficient (Wildman–Crippen LogP) is 3.07. The Kier molecular flexibility index (Phi) is 7.88. The van der Waals surface area contributed by atoms with Gasteiger partial charge in [0.05, 0.1) is 5.02 Å². The molecule has 1 aliphatic heterocycles. The third kappa shape index (κ3) is 6.38. The second-order valence-corrected chi connectivity index (χ2v) is 10.1. The number of aromatic nitrogens is 1. The largest absolute Gasteiger partial charge is 0.467 e. The van der Waals surface area contributed by atoms with E-state index >= 15 is 0 Å². The van der Waals surface area contributed by atoms with E-state index in [-0.39, 0.29) is 35.0 Å². The first kappa shape index (κ1) is 25.3. The van der Waals surface area contributed by atoms with Gasteiger partial charge in [-0.05, 0) is 37.6 Å². The lowest BCUT2D eigenvalue weighted by Gasteiger charge is -2.39. The summed E-state index contributed by atoms with van der Waals surface area (Å²) in [5, 5.41) is -1.18. The van der Waals surface area contributed by atoms with Gasteiger partial charge in [-0.15, -0.1) is 0 Å². The van der Waals surface area contributed by atoms with Gasteiger partial charge in [0, 0.05) is 44.0 Å². The van der Waals surface area contributed by atoms with Crippen molar-refractivity contribution in [3.8, 4) is 5.88 Å². The van der Waals surface area contributed by atoms with Crippen LogP contribution in [0.15, 0.2) is 30.5 Å². The number of benzene rings is 1. The number of halogens is 3. The van der Waals surface area contributed by atoms with Gasteiger partial charge in [0.2, 0.25) is 5.88 Å². The molecule has 8 nitrogen and oxygen atoms in total. The Hall–Kier alpha value is -2.34. The lowest BCUT2D eigenvalue weighted by molar-refractivity contribution is -0.138. The summed E-state index contributed by atoms with van der Waals surface area (Å²) in [6.07, 6.45) is 1.25. The number of hydrogen-bond donors (Lipinski definition) is 1. The molecule has 2 atom stereocenters. The molecule has 0 aliphatic carbocycles. The fourth-order valence-electron chi connectivity index (χ4n) is 3.67. The molecule has 1 amide bonds. The minimum Gasteiger partial charge on any atom is -0.467 e. The molecule has 12 heteroatoms. The Morgan fingerprint density at radius 3 is 2.67 bits per heavy atom. The maximum atomic E-state index is 13.4. The number of carbonyl (C=O) groups excluding carboxylic acids is 1. The van der Waals surface area contributed by atoms with Gasteiger partial charge in [-0.3, -0.25) is 14.2 Å². The van der Waals surface area contributed by atoms with E-state index in [1.807, 2.05) is 11.8 Å². The van der Waals surface area contributed by atoms with E-state index in [1.165, 1.54) is 25.3 Å². The zero-order valence-corrected chi connectivity index (χ0v) is 19.6. The number of pyridine rings is 1. The van der Waals surface area contributed by atoms with Gasteiger partial charge in [-0.1, -0.05) is 17.7 Å². The summed E-state index contributed by atoms with van der Waals surface area (Å²) < 4.78 is 64.5. The van der Waals surface area contributed by atoms with Gasteiger partial charge >= 0.3 is 0 Å². The molecule has 1 aromatic carbocycles. The summed E-state index contributed by atoms with van der Waals surface area (Å²) in [6.45, 7) is 4.61. The molecule has 0 radical (unpaired) electrons. The first-order chi connectivity index (χ1) is 15.5. The second-order valence-electron chi connectivity index (χ2n) is 7.91. The Morgan fingerprint density at radius 1 is 1.30 bits per heavy atom. The molecule has 1 saturated heterocycles. The molecule has 2 heterocycles. The summed E-state index contributed by atoms with van der Waals surface area (Å²) in [7, 11) is -4.42. The van der Waals surface area contributed by atoms with Crippen molar-refractivity contribution >= 4 is 27.6 Å². The van der Waals surface area contributed by atoms with Gasteiger partial charge in [0.1, 0.15) is 5.25 Å². The highest BCUT2D eigenvalue weighted by Crippen LogP contribution is 2.30. The van der Waals surface area contributed by atoms with Crippen LogP contribution in [0.4, 0.5) is 8.78 Å². The van der Waals surface area contributed by atoms with Crippen molar-refractivity contribution in [2.45, 2.75) is 31.7 Å². The van der Waals surface area contributed by atoms with Crippen LogP contribution in [0.1, 0.15) is 30.2 Å². The number of nitrogens with zero attached hydrogens (tertiary/aromatic N) is 3. The van der Waals surface area contributed by atoms with Gasteiger partial charge in [-0.2, -0.15) is 8.42 Å². The third-order valence-electron chi connectivity index (χ3n) is 5.48. The van der Waals surface area contributed by atoms with Crippen molar-refractivity contribution in [1.82, 2.24) is 14.8 Å². The first-order valence-corrected chi connectivity index (χ1v) is 12.0. The number of carbonyl (C=O) groups is 1. The highest BCUT2D eigenvalue weighted by molar-refractivity contribution is 7.86. The number of piperazine rings is 1. The summed E-state index contributed by atoms with van der Waals surface area (Å²) in [6, 6.07) is 4.92. The summed E-state index contributed by atoms with van der Waals surface area (Å²) >= 11 is 5.89. The number of hydrogen-bond acceptors (Lipinski definition) is 6. The molecule has 1 fully saturated rings. The molecule has 1 aliphatic rings. The average Bonchev–Trinajstić information content (AvgIpc) is 2.74. The first-order valence-electron chi connectivity index (χ1n) is 10.2. The van der Waals surface area contributed by atoms with E-state index in [0.717, 1.165) is 12.1 Å². The van der Waals surface area contributed by atoms with Crippen molar-refractivity contribution < 1.29 is 31.3 Å². The third-order valence-corrected chi connectivity index (χ3v) is 6.84. The molecule has 2 unspecified atom stereocenters. The predicted molar refractivity (Wildman–Crippen MR) is 118 cm³/mol. The lowest BCUT2D eigenvalue weighted by Crippen LogP contribution is -2.54. The molecular formula is C21H24ClF2N3O5S.